The molecular formula is C21H18FN5O3S. The molecule has 4 rings (SSSR count). The highest BCUT2D eigenvalue weighted by atomic mass is 32.2. The first-order valence-electron chi connectivity index (χ1n) is 9.43. The maximum absolute atomic E-state index is 14.4. The Morgan fingerprint density at radius 1 is 1.26 bits per heavy atom. The minimum Gasteiger partial charge on any atom is -0.365 e. The van der Waals surface area contributed by atoms with Crippen LogP contribution in [0.4, 0.5) is 10.1 Å². The standard InChI is InChI=1S/C21H18FN5O3S/c1-24-21(28)18-6-5-16(10-19(18)22)26-8-7-15-12-25-27(20(15)13-26)31(29,30)17-4-2-3-14(9-17)11-23/h2-6,9-10,12H,7-8,13H2,1H3,(H,24,28). The molecule has 2 heterocycles. The first kappa shape index (κ1) is 20.6. The average Bonchev–Trinajstić information content (AvgIpc) is 3.22. The molecule has 158 valence electrons. The molecule has 1 amide bonds. The lowest BCUT2D eigenvalue weighted by atomic mass is 10.1. The van der Waals surface area contributed by atoms with Crippen molar-refractivity contribution in [1.29, 1.82) is 5.26 Å². The molecule has 0 fully saturated rings. The molecule has 1 aliphatic rings. The van der Waals surface area contributed by atoms with Gasteiger partial charge in [-0.15, -0.1) is 0 Å². The van der Waals surface area contributed by atoms with Crippen LogP contribution >= 0.6 is 0 Å². The Hall–Kier alpha value is -3.71. The number of amides is 1. The molecule has 0 radical (unpaired) electrons. The van der Waals surface area contributed by atoms with Crippen LogP contribution in [0, 0.1) is 17.1 Å². The summed E-state index contributed by atoms with van der Waals surface area (Å²) in [4.78, 5) is 13.5. The summed E-state index contributed by atoms with van der Waals surface area (Å²) in [7, 11) is -2.58. The quantitative estimate of drug-likeness (QED) is 0.667. The van der Waals surface area contributed by atoms with Gasteiger partial charge < -0.3 is 10.2 Å². The van der Waals surface area contributed by atoms with Crippen LogP contribution in [-0.4, -0.2) is 37.1 Å². The van der Waals surface area contributed by atoms with Crippen molar-refractivity contribution in [3.8, 4) is 6.07 Å². The van der Waals surface area contributed by atoms with E-state index in [0.29, 0.717) is 24.3 Å². The van der Waals surface area contributed by atoms with Crippen molar-refractivity contribution in [3.63, 3.8) is 0 Å². The number of hydrogen-bond donors (Lipinski definition) is 1. The van der Waals surface area contributed by atoms with Gasteiger partial charge >= 0.3 is 0 Å². The van der Waals surface area contributed by atoms with Gasteiger partial charge in [-0.25, -0.2) is 4.39 Å². The van der Waals surface area contributed by atoms with Gasteiger partial charge in [0.1, 0.15) is 5.82 Å². The Morgan fingerprint density at radius 2 is 2.06 bits per heavy atom. The van der Waals surface area contributed by atoms with Gasteiger partial charge in [-0.3, -0.25) is 4.79 Å². The molecule has 1 aromatic heterocycles. The summed E-state index contributed by atoms with van der Waals surface area (Å²) in [6.45, 7) is 0.743. The Bertz CT molecular complexity index is 1330. The normalized spacial score (nSPS) is 13.4. The van der Waals surface area contributed by atoms with Crippen molar-refractivity contribution in [2.75, 3.05) is 18.5 Å². The van der Waals surface area contributed by atoms with Gasteiger partial charge in [0.25, 0.3) is 15.9 Å². The second kappa shape index (κ2) is 7.85. The van der Waals surface area contributed by atoms with Gasteiger partial charge in [-0.1, -0.05) is 6.07 Å². The molecule has 0 spiro atoms. The van der Waals surface area contributed by atoms with E-state index in [9.17, 15) is 17.6 Å². The van der Waals surface area contributed by atoms with E-state index >= 15 is 0 Å². The minimum absolute atomic E-state index is 0.0319. The second-order valence-corrected chi connectivity index (χ2v) is 8.79. The third-order valence-electron chi connectivity index (χ3n) is 5.19. The summed E-state index contributed by atoms with van der Waals surface area (Å²) in [6.07, 6.45) is 2.05. The van der Waals surface area contributed by atoms with Crippen LogP contribution in [0.1, 0.15) is 27.2 Å². The van der Waals surface area contributed by atoms with E-state index in [2.05, 4.69) is 10.4 Å². The average molecular weight is 439 g/mol. The van der Waals surface area contributed by atoms with Crippen molar-refractivity contribution < 1.29 is 17.6 Å². The molecule has 0 atom stereocenters. The lowest BCUT2D eigenvalue weighted by Crippen LogP contribution is -2.33. The van der Waals surface area contributed by atoms with Crippen molar-refractivity contribution >= 4 is 21.6 Å². The van der Waals surface area contributed by atoms with Crippen LogP contribution in [-0.2, 0) is 23.0 Å². The predicted octanol–water partition coefficient (Wildman–Crippen LogP) is 2.05. The number of hydrogen-bond acceptors (Lipinski definition) is 6. The predicted molar refractivity (Wildman–Crippen MR) is 111 cm³/mol. The van der Waals surface area contributed by atoms with Crippen LogP contribution in [0.3, 0.4) is 0 Å². The number of carbonyl (C=O) groups excluding carboxylic acids is 1. The summed E-state index contributed by atoms with van der Waals surface area (Å²) in [5, 5.41) is 15.5. The SMILES string of the molecule is CNC(=O)c1ccc(N2CCc3cnn(S(=O)(=O)c4cccc(C#N)c4)c3C2)cc1F. The van der Waals surface area contributed by atoms with E-state index in [1.54, 1.807) is 6.07 Å². The lowest BCUT2D eigenvalue weighted by Gasteiger charge is -2.29. The zero-order chi connectivity index (χ0) is 22.2. The number of nitrogens with zero attached hydrogens (tertiary/aromatic N) is 4. The third-order valence-corrected chi connectivity index (χ3v) is 6.81. The fraction of sp³-hybridized carbons (Fsp3) is 0.190. The monoisotopic (exact) mass is 439 g/mol. The zero-order valence-electron chi connectivity index (χ0n) is 16.5. The number of rotatable bonds is 4. The Morgan fingerprint density at radius 3 is 2.77 bits per heavy atom. The van der Waals surface area contributed by atoms with Gasteiger partial charge in [0.2, 0.25) is 0 Å². The van der Waals surface area contributed by atoms with Crippen molar-refractivity contribution in [2.24, 2.45) is 0 Å². The third kappa shape index (κ3) is 3.64. The van der Waals surface area contributed by atoms with Crippen LogP contribution in [0.15, 0.2) is 53.6 Å². The molecular weight excluding hydrogens is 421 g/mol. The Labute approximate surface area is 178 Å². The highest BCUT2D eigenvalue weighted by molar-refractivity contribution is 7.89. The molecule has 3 aromatic rings. The molecule has 8 nitrogen and oxygen atoms in total. The van der Waals surface area contributed by atoms with Gasteiger partial charge in [0.15, 0.2) is 0 Å². The van der Waals surface area contributed by atoms with E-state index in [1.807, 2.05) is 11.0 Å². The zero-order valence-corrected chi connectivity index (χ0v) is 17.4. The lowest BCUT2D eigenvalue weighted by molar-refractivity contribution is 0.0959. The fourth-order valence-corrected chi connectivity index (χ4v) is 4.91. The maximum Gasteiger partial charge on any atom is 0.283 e. The van der Waals surface area contributed by atoms with Gasteiger partial charge in [0.05, 0.1) is 40.5 Å². The van der Waals surface area contributed by atoms with Crippen LogP contribution in [0.25, 0.3) is 0 Å². The van der Waals surface area contributed by atoms with Crippen LogP contribution in [0.5, 0.6) is 0 Å². The van der Waals surface area contributed by atoms with E-state index in [0.717, 1.165) is 9.65 Å². The number of nitrogens with one attached hydrogen (secondary N) is 1. The summed E-state index contributed by atoms with van der Waals surface area (Å²) in [6, 6.07) is 12.0. The number of anilines is 1. The first-order chi connectivity index (χ1) is 14.8. The largest absolute Gasteiger partial charge is 0.365 e. The smallest absolute Gasteiger partial charge is 0.283 e. The fourth-order valence-electron chi connectivity index (χ4n) is 3.55. The topological polar surface area (TPSA) is 108 Å². The minimum atomic E-state index is -4.00. The number of benzene rings is 2. The highest BCUT2D eigenvalue weighted by Gasteiger charge is 2.28. The second-order valence-electron chi connectivity index (χ2n) is 7.02. The number of fused-ring (bicyclic) bond motifs is 1. The van der Waals surface area contributed by atoms with Crippen molar-refractivity contribution in [3.05, 3.63) is 76.9 Å². The van der Waals surface area contributed by atoms with Gasteiger partial charge in [0, 0.05) is 19.3 Å². The highest BCUT2D eigenvalue weighted by Crippen LogP contribution is 2.28. The van der Waals surface area contributed by atoms with E-state index in [4.69, 9.17) is 5.26 Å². The summed E-state index contributed by atoms with van der Waals surface area (Å²) >= 11 is 0. The molecule has 31 heavy (non-hydrogen) atoms. The number of carbonyl (C=O) groups is 1. The Kier molecular flexibility index (Phi) is 5.20. The molecule has 0 bridgehead atoms. The molecule has 0 aliphatic carbocycles. The molecule has 0 saturated carbocycles. The summed E-state index contributed by atoms with van der Waals surface area (Å²) < 4.78 is 41.7. The molecule has 0 unspecified atom stereocenters. The van der Waals surface area contributed by atoms with Crippen molar-refractivity contribution in [1.82, 2.24) is 14.5 Å². The number of nitriles is 1. The molecule has 0 saturated heterocycles. The van der Waals surface area contributed by atoms with Crippen LogP contribution in [0.2, 0.25) is 0 Å². The number of aromatic nitrogens is 2. The van der Waals surface area contributed by atoms with E-state index < -0.39 is 21.7 Å². The van der Waals surface area contributed by atoms with Crippen molar-refractivity contribution in [2.45, 2.75) is 17.9 Å². The summed E-state index contributed by atoms with van der Waals surface area (Å²) in [5.74, 6) is -1.18. The molecule has 2 aromatic carbocycles. The molecule has 1 aliphatic heterocycles. The maximum atomic E-state index is 14.4. The van der Waals surface area contributed by atoms with E-state index in [1.165, 1.54) is 49.6 Å². The van der Waals surface area contributed by atoms with Crippen LogP contribution < -0.4 is 10.2 Å². The molecule has 10 heteroatoms. The molecule has 1 N–H and O–H groups in total. The van der Waals surface area contributed by atoms with Gasteiger partial charge in [-0.2, -0.15) is 22.9 Å². The Balaban J connectivity index is 1.68. The number of halogens is 1. The van der Waals surface area contributed by atoms with E-state index in [-0.39, 0.29) is 22.6 Å². The summed E-state index contributed by atoms with van der Waals surface area (Å²) in [5.41, 5.74) is 1.97. The first-order valence-corrected chi connectivity index (χ1v) is 10.9. The van der Waals surface area contributed by atoms with Gasteiger partial charge in [-0.05, 0) is 48.4 Å².